The summed E-state index contributed by atoms with van der Waals surface area (Å²) in [5.41, 5.74) is 0.892. The van der Waals surface area contributed by atoms with E-state index in [1.165, 1.54) is 10.7 Å². The summed E-state index contributed by atoms with van der Waals surface area (Å²) in [6.07, 6.45) is 1.98. The van der Waals surface area contributed by atoms with Crippen molar-refractivity contribution in [2.24, 2.45) is 7.05 Å². The SMILES string of the molecule is Cc1noc(C)c1S(=O)(=O)NCCC1CN(c2cnn(C)c(=O)c2)CCO1. The number of aryl methyl sites for hydroxylation is 3. The highest BCUT2D eigenvalue weighted by molar-refractivity contribution is 7.89. The van der Waals surface area contributed by atoms with Crippen LogP contribution in [-0.4, -0.2) is 55.7 Å². The lowest BCUT2D eigenvalue weighted by Crippen LogP contribution is -2.44. The van der Waals surface area contributed by atoms with Gasteiger partial charge in [0.15, 0.2) is 5.76 Å². The van der Waals surface area contributed by atoms with Gasteiger partial charge in [-0.1, -0.05) is 5.16 Å². The van der Waals surface area contributed by atoms with Crippen LogP contribution in [0, 0.1) is 13.8 Å². The van der Waals surface area contributed by atoms with Gasteiger partial charge in [0.2, 0.25) is 10.0 Å². The summed E-state index contributed by atoms with van der Waals surface area (Å²) in [5, 5.41) is 7.71. The van der Waals surface area contributed by atoms with Crippen molar-refractivity contribution in [3.63, 3.8) is 0 Å². The van der Waals surface area contributed by atoms with Crippen molar-refractivity contribution < 1.29 is 17.7 Å². The molecule has 1 atom stereocenters. The molecule has 10 nitrogen and oxygen atoms in total. The van der Waals surface area contributed by atoms with Crippen molar-refractivity contribution in [1.29, 1.82) is 0 Å². The van der Waals surface area contributed by atoms with Crippen molar-refractivity contribution in [3.05, 3.63) is 34.1 Å². The van der Waals surface area contributed by atoms with Crippen molar-refractivity contribution in [2.75, 3.05) is 31.1 Å². The maximum atomic E-state index is 12.4. The van der Waals surface area contributed by atoms with Gasteiger partial charge in [-0.25, -0.2) is 17.8 Å². The summed E-state index contributed by atoms with van der Waals surface area (Å²) in [7, 11) is -2.09. The van der Waals surface area contributed by atoms with Gasteiger partial charge in [-0.15, -0.1) is 0 Å². The Morgan fingerprint density at radius 2 is 2.15 bits per heavy atom. The molecule has 0 bridgehead atoms. The van der Waals surface area contributed by atoms with Gasteiger partial charge >= 0.3 is 0 Å². The van der Waals surface area contributed by atoms with E-state index in [0.29, 0.717) is 31.8 Å². The Kier molecular flexibility index (Phi) is 5.63. The molecule has 3 heterocycles. The minimum absolute atomic E-state index is 0.0832. The van der Waals surface area contributed by atoms with Crippen LogP contribution in [-0.2, 0) is 21.8 Å². The highest BCUT2D eigenvalue weighted by atomic mass is 32.2. The Labute approximate surface area is 157 Å². The predicted molar refractivity (Wildman–Crippen MR) is 97.2 cm³/mol. The molecule has 1 aliphatic rings. The molecule has 1 aliphatic heterocycles. The number of sulfonamides is 1. The smallest absolute Gasteiger partial charge is 0.268 e. The second kappa shape index (κ2) is 7.79. The Morgan fingerprint density at radius 1 is 1.37 bits per heavy atom. The first-order valence-corrected chi connectivity index (χ1v) is 10.1. The van der Waals surface area contributed by atoms with Crippen LogP contribution in [0.4, 0.5) is 5.69 Å². The molecule has 1 fully saturated rings. The second-order valence-corrected chi connectivity index (χ2v) is 8.16. The Bertz CT molecular complexity index is 948. The summed E-state index contributed by atoms with van der Waals surface area (Å²) in [5.74, 6) is 0.262. The molecule has 11 heteroatoms. The van der Waals surface area contributed by atoms with Crippen LogP contribution < -0.4 is 15.2 Å². The van der Waals surface area contributed by atoms with Crippen LogP contribution >= 0.6 is 0 Å². The highest BCUT2D eigenvalue weighted by Gasteiger charge is 2.25. The number of morpholine rings is 1. The lowest BCUT2D eigenvalue weighted by atomic mass is 10.2. The van der Waals surface area contributed by atoms with Crippen molar-refractivity contribution in [2.45, 2.75) is 31.3 Å². The molecule has 2 aromatic rings. The standard InChI is InChI=1S/C16H23N5O5S/c1-11-16(12(2)26-19-11)27(23,24)18-5-4-14-10-21(6-7-25-14)13-8-15(22)20(3)17-9-13/h8-9,14,18H,4-7,10H2,1-3H3. The van der Waals surface area contributed by atoms with Crippen molar-refractivity contribution in [3.8, 4) is 0 Å². The maximum Gasteiger partial charge on any atom is 0.268 e. The zero-order valence-corrected chi connectivity index (χ0v) is 16.3. The summed E-state index contributed by atoms with van der Waals surface area (Å²) < 4.78 is 39.3. The third kappa shape index (κ3) is 4.37. The van der Waals surface area contributed by atoms with E-state index in [9.17, 15) is 13.2 Å². The first-order chi connectivity index (χ1) is 12.8. The molecular weight excluding hydrogens is 374 g/mol. The lowest BCUT2D eigenvalue weighted by molar-refractivity contribution is 0.0363. The number of hydrogen-bond donors (Lipinski definition) is 1. The Morgan fingerprint density at radius 3 is 2.81 bits per heavy atom. The van der Waals surface area contributed by atoms with Crippen LogP contribution in [0.5, 0.6) is 0 Å². The van der Waals surface area contributed by atoms with Gasteiger partial charge in [-0.2, -0.15) is 5.10 Å². The largest absolute Gasteiger partial charge is 0.374 e. The van der Waals surface area contributed by atoms with Crippen LogP contribution in [0.25, 0.3) is 0 Å². The molecule has 3 rings (SSSR count). The van der Waals surface area contributed by atoms with Gasteiger partial charge in [-0.05, 0) is 20.3 Å². The molecule has 2 aromatic heterocycles. The number of aromatic nitrogens is 3. The fraction of sp³-hybridized carbons (Fsp3) is 0.562. The number of anilines is 1. The Balaban J connectivity index is 1.58. The van der Waals surface area contributed by atoms with E-state index in [1.807, 2.05) is 4.90 Å². The minimum Gasteiger partial charge on any atom is -0.374 e. The zero-order valence-electron chi connectivity index (χ0n) is 15.5. The molecule has 0 aromatic carbocycles. The first-order valence-electron chi connectivity index (χ1n) is 8.60. The quantitative estimate of drug-likeness (QED) is 0.721. The molecule has 0 radical (unpaired) electrons. The molecule has 1 saturated heterocycles. The maximum absolute atomic E-state index is 12.4. The van der Waals surface area contributed by atoms with Gasteiger partial charge in [0, 0.05) is 32.7 Å². The van der Waals surface area contributed by atoms with Crippen LogP contribution in [0.2, 0.25) is 0 Å². The number of nitrogens with one attached hydrogen (secondary N) is 1. The monoisotopic (exact) mass is 397 g/mol. The molecule has 0 aliphatic carbocycles. The van der Waals surface area contributed by atoms with Crippen molar-refractivity contribution >= 4 is 15.7 Å². The molecule has 148 valence electrons. The second-order valence-electron chi connectivity index (χ2n) is 6.45. The number of ether oxygens (including phenoxy) is 1. The average Bonchev–Trinajstić information content (AvgIpc) is 2.97. The zero-order chi connectivity index (χ0) is 19.6. The fourth-order valence-corrected chi connectivity index (χ4v) is 4.42. The van der Waals surface area contributed by atoms with Crippen molar-refractivity contribution in [1.82, 2.24) is 19.7 Å². The summed E-state index contributed by atoms with van der Waals surface area (Å²) in [4.78, 5) is 13.9. The van der Waals surface area contributed by atoms with Gasteiger partial charge in [-0.3, -0.25) is 4.79 Å². The normalized spacial score (nSPS) is 18.0. The first kappa shape index (κ1) is 19.5. The molecule has 0 saturated carbocycles. The molecule has 1 unspecified atom stereocenters. The predicted octanol–water partition coefficient (Wildman–Crippen LogP) is -0.0411. The van der Waals surface area contributed by atoms with E-state index in [0.717, 1.165) is 5.69 Å². The van der Waals surface area contributed by atoms with Gasteiger partial charge < -0.3 is 14.2 Å². The van der Waals surface area contributed by atoms with Gasteiger partial charge in [0.1, 0.15) is 10.6 Å². The van der Waals surface area contributed by atoms with E-state index in [2.05, 4.69) is 15.0 Å². The van der Waals surface area contributed by atoms with Crippen LogP contribution in [0.15, 0.2) is 26.5 Å². The topological polar surface area (TPSA) is 120 Å². The summed E-state index contributed by atoms with van der Waals surface area (Å²) in [6, 6.07) is 1.54. The highest BCUT2D eigenvalue weighted by Crippen LogP contribution is 2.19. The minimum atomic E-state index is -3.68. The Hall–Kier alpha value is -2.24. The van der Waals surface area contributed by atoms with E-state index in [4.69, 9.17) is 9.26 Å². The van der Waals surface area contributed by atoms with E-state index < -0.39 is 10.0 Å². The lowest BCUT2D eigenvalue weighted by Gasteiger charge is -2.34. The summed E-state index contributed by atoms with van der Waals surface area (Å²) >= 11 is 0. The third-order valence-corrected chi connectivity index (χ3v) is 6.16. The molecule has 0 spiro atoms. The molecule has 1 N–H and O–H groups in total. The number of hydrogen-bond acceptors (Lipinski definition) is 8. The number of rotatable bonds is 6. The van der Waals surface area contributed by atoms with Gasteiger partial charge in [0.05, 0.1) is 24.6 Å². The van der Waals surface area contributed by atoms with Crippen LogP contribution in [0.1, 0.15) is 17.9 Å². The van der Waals surface area contributed by atoms with Gasteiger partial charge in [0.25, 0.3) is 5.56 Å². The molecule has 0 amide bonds. The summed E-state index contributed by atoms with van der Waals surface area (Å²) in [6.45, 7) is 5.08. The third-order valence-electron chi connectivity index (χ3n) is 4.45. The number of nitrogens with zero attached hydrogens (tertiary/aromatic N) is 4. The molecule has 27 heavy (non-hydrogen) atoms. The van der Waals surface area contributed by atoms with E-state index in [-0.39, 0.29) is 28.9 Å². The van der Waals surface area contributed by atoms with E-state index >= 15 is 0 Å². The molecular formula is C16H23N5O5S. The fourth-order valence-electron chi connectivity index (χ4n) is 3.05. The average molecular weight is 397 g/mol. The van der Waals surface area contributed by atoms with E-state index in [1.54, 1.807) is 27.1 Å². The van der Waals surface area contributed by atoms with Crippen LogP contribution in [0.3, 0.4) is 0 Å².